The SMILES string of the molecule is Cc1cc(OCc2ncccn2)cc(=O)n1Cc1ccc(C#CCNCc2ccccc2)cc1. The zero-order chi connectivity index (χ0) is 23.6. The Morgan fingerprint density at radius 3 is 2.44 bits per heavy atom. The Hall–Kier alpha value is -4.21. The summed E-state index contributed by atoms with van der Waals surface area (Å²) in [5.74, 6) is 7.40. The molecule has 0 aliphatic carbocycles. The summed E-state index contributed by atoms with van der Waals surface area (Å²) in [5.41, 5.74) is 3.93. The summed E-state index contributed by atoms with van der Waals surface area (Å²) >= 11 is 0. The van der Waals surface area contributed by atoms with Crippen LogP contribution in [-0.2, 0) is 19.7 Å². The van der Waals surface area contributed by atoms with Gasteiger partial charge in [-0.3, -0.25) is 4.79 Å². The molecular weight excluding hydrogens is 424 g/mol. The quantitative estimate of drug-likeness (QED) is 0.327. The molecule has 0 bridgehead atoms. The van der Waals surface area contributed by atoms with Gasteiger partial charge in [0.05, 0.1) is 13.1 Å². The van der Waals surface area contributed by atoms with Crippen LogP contribution in [0, 0.1) is 18.8 Å². The Balaban J connectivity index is 1.31. The number of pyridine rings is 1. The highest BCUT2D eigenvalue weighted by Crippen LogP contribution is 2.13. The number of nitrogens with zero attached hydrogens (tertiary/aromatic N) is 3. The highest BCUT2D eigenvalue weighted by molar-refractivity contribution is 5.36. The van der Waals surface area contributed by atoms with Crippen LogP contribution in [0.1, 0.15) is 28.2 Å². The number of hydrogen-bond donors (Lipinski definition) is 1. The number of ether oxygens (including phenoxy) is 1. The third kappa shape index (κ3) is 6.64. The highest BCUT2D eigenvalue weighted by atomic mass is 16.5. The van der Waals surface area contributed by atoms with Crippen LogP contribution in [0.2, 0.25) is 0 Å². The van der Waals surface area contributed by atoms with E-state index in [-0.39, 0.29) is 12.2 Å². The Morgan fingerprint density at radius 2 is 1.71 bits per heavy atom. The first kappa shape index (κ1) is 23.0. The average molecular weight is 451 g/mol. The van der Waals surface area contributed by atoms with Gasteiger partial charge in [-0.15, -0.1) is 0 Å². The van der Waals surface area contributed by atoms with Crippen LogP contribution >= 0.6 is 0 Å². The lowest BCUT2D eigenvalue weighted by atomic mass is 10.1. The molecule has 34 heavy (non-hydrogen) atoms. The number of benzene rings is 2. The van der Waals surface area contributed by atoms with Crippen LogP contribution in [-0.4, -0.2) is 21.1 Å². The van der Waals surface area contributed by atoms with Crippen molar-refractivity contribution in [2.24, 2.45) is 0 Å². The van der Waals surface area contributed by atoms with Gasteiger partial charge in [0.25, 0.3) is 5.56 Å². The van der Waals surface area contributed by atoms with Crippen molar-refractivity contribution in [3.8, 4) is 17.6 Å². The second-order valence-electron chi connectivity index (χ2n) is 7.80. The number of rotatable bonds is 8. The van der Waals surface area contributed by atoms with Gasteiger partial charge in [0, 0.05) is 36.3 Å². The van der Waals surface area contributed by atoms with Crippen molar-refractivity contribution in [2.75, 3.05) is 6.54 Å². The number of nitrogens with one attached hydrogen (secondary N) is 1. The van der Waals surface area contributed by atoms with Crippen molar-refractivity contribution in [1.82, 2.24) is 19.9 Å². The lowest BCUT2D eigenvalue weighted by Crippen LogP contribution is -2.22. The molecule has 0 radical (unpaired) electrons. The molecule has 0 unspecified atom stereocenters. The lowest BCUT2D eigenvalue weighted by Gasteiger charge is -2.12. The molecule has 0 spiro atoms. The van der Waals surface area contributed by atoms with E-state index in [0.717, 1.165) is 23.4 Å². The third-order valence-electron chi connectivity index (χ3n) is 5.21. The zero-order valence-corrected chi connectivity index (χ0v) is 19.1. The average Bonchev–Trinajstić information content (AvgIpc) is 2.87. The van der Waals surface area contributed by atoms with E-state index in [0.29, 0.717) is 24.7 Å². The van der Waals surface area contributed by atoms with Crippen LogP contribution in [0.15, 0.2) is 90.0 Å². The summed E-state index contributed by atoms with van der Waals surface area (Å²) in [6.45, 7) is 4.02. The molecule has 6 heteroatoms. The van der Waals surface area contributed by atoms with Crippen LogP contribution in [0.25, 0.3) is 0 Å². The predicted octanol–water partition coefficient (Wildman–Crippen LogP) is 3.72. The highest BCUT2D eigenvalue weighted by Gasteiger charge is 2.07. The van der Waals surface area contributed by atoms with Gasteiger partial charge in [-0.05, 0) is 42.3 Å². The van der Waals surface area contributed by atoms with E-state index in [1.807, 2.05) is 55.5 Å². The fourth-order valence-corrected chi connectivity index (χ4v) is 3.42. The first-order chi connectivity index (χ1) is 16.7. The van der Waals surface area contributed by atoms with E-state index in [2.05, 4.69) is 39.3 Å². The van der Waals surface area contributed by atoms with Gasteiger partial charge in [0.2, 0.25) is 0 Å². The van der Waals surface area contributed by atoms with Crippen LogP contribution in [0.4, 0.5) is 0 Å². The largest absolute Gasteiger partial charge is 0.485 e. The van der Waals surface area contributed by atoms with E-state index in [1.165, 1.54) is 11.6 Å². The molecule has 2 heterocycles. The summed E-state index contributed by atoms with van der Waals surface area (Å²) in [7, 11) is 0. The topological polar surface area (TPSA) is 69.0 Å². The molecule has 0 fully saturated rings. The Labute approximate surface area is 199 Å². The minimum Gasteiger partial charge on any atom is -0.485 e. The molecule has 1 N–H and O–H groups in total. The van der Waals surface area contributed by atoms with E-state index in [9.17, 15) is 4.79 Å². The van der Waals surface area contributed by atoms with Gasteiger partial charge in [0.15, 0.2) is 5.82 Å². The molecule has 2 aromatic heterocycles. The summed E-state index contributed by atoms with van der Waals surface area (Å²) in [5, 5.41) is 3.32. The molecular formula is C28H26N4O2. The van der Waals surface area contributed by atoms with E-state index >= 15 is 0 Å². The van der Waals surface area contributed by atoms with Gasteiger partial charge < -0.3 is 14.6 Å². The summed E-state index contributed by atoms with van der Waals surface area (Å²) in [6.07, 6.45) is 3.32. The van der Waals surface area contributed by atoms with E-state index in [4.69, 9.17) is 4.74 Å². The molecule has 4 aromatic rings. The first-order valence-corrected chi connectivity index (χ1v) is 11.1. The molecule has 0 aliphatic rings. The summed E-state index contributed by atoms with van der Waals surface area (Å²) in [6, 6.07) is 23.3. The second-order valence-corrected chi connectivity index (χ2v) is 7.80. The number of aryl methyl sites for hydroxylation is 1. The fraction of sp³-hybridized carbons (Fsp3) is 0.179. The third-order valence-corrected chi connectivity index (χ3v) is 5.21. The van der Waals surface area contributed by atoms with Crippen LogP contribution in [0.5, 0.6) is 5.75 Å². The Morgan fingerprint density at radius 1 is 0.941 bits per heavy atom. The Bertz CT molecular complexity index is 1320. The minimum absolute atomic E-state index is 0.114. The van der Waals surface area contributed by atoms with E-state index < -0.39 is 0 Å². The maximum absolute atomic E-state index is 12.7. The molecule has 0 amide bonds. The fourth-order valence-electron chi connectivity index (χ4n) is 3.42. The molecule has 0 saturated heterocycles. The summed E-state index contributed by atoms with van der Waals surface area (Å²) in [4.78, 5) is 20.9. The van der Waals surface area contributed by atoms with Crippen molar-refractivity contribution in [1.29, 1.82) is 0 Å². The molecule has 0 saturated carbocycles. The van der Waals surface area contributed by atoms with Gasteiger partial charge in [-0.2, -0.15) is 0 Å². The zero-order valence-electron chi connectivity index (χ0n) is 19.1. The number of aromatic nitrogens is 3. The predicted molar refractivity (Wildman–Crippen MR) is 132 cm³/mol. The number of hydrogen-bond acceptors (Lipinski definition) is 5. The van der Waals surface area contributed by atoms with Crippen LogP contribution in [0.3, 0.4) is 0 Å². The molecule has 2 aromatic carbocycles. The molecule has 170 valence electrons. The summed E-state index contributed by atoms with van der Waals surface area (Å²) < 4.78 is 7.42. The van der Waals surface area contributed by atoms with Crippen LogP contribution < -0.4 is 15.6 Å². The van der Waals surface area contributed by atoms with Gasteiger partial charge in [-0.25, -0.2) is 9.97 Å². The first-order valence-electron chi connectivity index (χ1n) is 11.1. The maximum Gasteiger partial charge on any atom is 0.254 e. The van der Waals surface area contributed by atoms with Crippen molar-refractivity contribution < 1.29 is 4.74 Å². The normalized spacial score (nSPS) is 10.4. The Kier molecular flexibility index (Phi) is 7.83. The standard InChI is InChI=1S/C28H26N4O2/c1-22-17-26(34-21-27-30-15-6-16-31-27)18-28(33)32(22)20-25-12-10-23(11-13-25)9-5-14-29-19-24-7-3-2-4-8-24/h2-4,6-8,10-13,15-18,29H,14,19-21H2,1H3. The van der Waals surface area contributed by atoms with Gasteiger partial charge in [0.1, 0.15) is 12.4 Å². The van der Waals surface area contributed by atoms with Crippen molar-refractivity contribution in [3.05, 3.63) is 124 Å². The lowest BCUT2D eigenvalue weighted by molar-refractivity contribution is 0.294. The molecule has 0 atom stereocenters. The van der Waals surface area contributed by atoms with Crippen molar-refractivity contribution in [3.63, 3.8) is 0 Å². The molecule has 6 nitrogen and oxygen atoms in total. The van der Waals surface area contributed by atoms with Gasteiger partial charge in [-0.1, -0.05) is 54.3 Å². The monoisotopic (exact) mass is 450 g/mol. The molecule has 4 rings (SSSR count). The minimum atomic E-state index is -0.114. The van der Waals surface area contributed by atoms with Crippen molar-refractivity contribution in [2.45, 2.75) is 26.6 Å². The van der Waals surface area contributed by atoms with Gasteiger partial charge >= 0.3 is 0 Å². The second kappa shape index (κ2) is 11.6. The maximum atomic E-state index is 12.7. The van der Waals surface area contributed by atoms with E-state index in [1.54, 1.807) is 23.0 Å². The molecule has 0 aliphatic heterocycles. The smallest absolute Gasteiger partial charge is 0.254 e. The van der Waals surface area contributed by atoms with Crippen molar-refractivity contribution >= 4 is 0 Å².